The minimum Gasteiger partial charge on any atom is -0.506 e. The standard InChI is InChI=1S/C27H35N3O3S/c1-4-30-15-14-27-13-9-8-12-26(27,3)25(30)17-19-16-23(24(31)18-20(19)27)28-21-10-6-7-11-22(21)29-34(32,33)5-2/h4,6-7,10-11,16,18,25,28-29,31H,1,5,8-9,12-15,17H2,2-3H3. The van der Waals surface area contributed by atoms with Gasteiger partial charge in [0.2, 0.25) is 10.0 Å². The van der Waals surface area contributed by atoms with Crippen LogP contribution < -0.4 is 10.0 Å². The van der Waals surface area contributed by atoms with Gasteiger partial charge in [0.25, 0.3) is 0 Å². The Morgan fingerprint density at radius 1 is 1.15 bits per heavy atom. The monoisotopic (exact) mass is 481 g/mol. The van der Waals surface area contributed by atoms with E-state index in [0.29, 0.717) is 23.1 Å². The van der Waals surface area contributed by atoms with Crippen LogP contribution in [0.25, 0.3) is 0 Å². The average molecular weight is 482 g/mol. The van der Waals surface area contributed by atoms with E-state index in [9.17, 15) is 13.5 Å². The molecule has 3 unspecified atom stereocenters. The van der Waals surface area contributed by atoms with E-state index < -0.39 is 10.0 Å². The highest BCUT2D eigenvalue weighted by Gasteiger charge is 2.60. The van der Waals surface area contributed by atoms with Crippen LogP contribution in [0.1, 0.15) is 57.1 Å². The molecular weight excluding hydrogens is 446 g/mol. The van der Waals surface area contributed by atoms with Crippen molar-refractivity contribution in [2.45, 2.75) is 63.8 Å². The predicted octanol–water partition coefficient (Wildman–Crippen LogP) is 5.49. The van der Waals surface area contributed by atoms with Gasteiger partial charge in [0.1, 0.15) is 5.75 Å². The molecule has 2 aromatic rings. The number of hydrogen-bond acceptors (Lipinski definition) is 5. The molecule has 3 aliphatic rings. The Labute approximate surface area is 203 Å². The number of fused-ring (bicyclic) bond motifs is 1. The molecule has 3 atom stereocenters. The molecule has 0 radical (unpaired) electrons. The number of nitrogens with one attached hydrogen (secondary N) is 2. The number of para-hydroxylation sites is 2. The maximum Gasteiger partial charge on any atom is 0.232 e. The largest absolute Gasteiger partial charge is 0.506 e. The molecule has 2 aliphatic carbocycles. The Kier molecular flexibility index (Phi) is 5.58. The summed E-state index contributed by atoms with van der Waals surface area (Å²) in [6.07, 6.45) is 8.84. The number of benzene rings is 2. The number of anilines is 3. The predicted molar refractivity (Wildman–Crippen MR) is 138 cm³/mol. The van der Waals surface area contributed by atoms with E-state index >= 15 is 0 Å². The van der Waals surface area contributed by atoms with Crippen LogP contribution >= 0.6 is 0 Å². The van der Waals surface area contributed by atoms with Crippen LogP contribution in [0.2, 0.25) is 0 Å². The molecule has 0 amide bonds. The number of piperidine rings is 1. The van der Waals surface area contributed by atoms with Crippen LogP contribution in [0.3, 0.4) is 0 Å². The Balaban J connectivity index is 1.56. The van der Waals surface area contributed by atoms with Crippen molar-refractivity contribution in [2.24, 2.45) is 5.41 Å². The first-order chi connectivity index (χ1) is 16.2. The lowest BCUT2D eigenvalue weighted by Crippen LogP contribution is -2.65. The maximum atomic E-state index is 12.2. The topological polar surface area (TPSA) is 81.7 Å². The quantitative estimate of drug-likeness (QED) is 0.476. The highest BCUT2D eigenvalue weighted by Crippen LogP contribution is 2.63. The number of phenols is 1. The molecule has 34 heavy (non-hydrogen) atoms. The number of phenolic OH excluding ortho intramolecular Hbond substituents is 1. The first-order valence-corrected chi connectivity index (χ1v) is 14.0. The van der Waals surface area contributed by atoms with Crippen molar-refractivity contribution in [3.63, 3.8) is 0 Å². The van der Waals surface area contributed by atoms with Crippen molar-refractivity contribution in [1.29, 1.82) is 0 Å². The Morgan fingerprint density at radius 2 is 1.88 bits per heavy atom. The van der Waals surface area contributed by atoms with E-state index in [1.54, 1.807) is 19.1 Å². The van der Waals surface area contributed by atoms with Crippen LogP contribution in [0, 0.1) is 5.41 Å². The maximum absolute atomic E-state index is 12.2. The average Bonchev–Trinajstić information content (AvgIpc) is 2.81. The van der Waals surface area contributed by atoms with E-state index in [4.69, 9.17) is 0 Å². The van der Waals surface area contributed by atoms with E-state index in [1.807, 2.05) is 24.4 Å². The van der Waals surface area contributed by atoms with Crippen LogP contribution in [0.4, 0.5) is 17.1 Å². The summed E-state index contributed by atoms with van der Waals surface area (Å²) in [6, 6.07) is 11.6. The number of rotatable bonds is 6. The van der Waals surface area contributed by atoms with Gasteiger partial charge >= 0.3 is 0 Å². The molecule has 6 nitrogen and oxygen atoms in total. The summed E-state index contributed by atoms with van der Waals surface area (Å²) in [5, 5.41) is 14.4. The zero-order chi connectivity index (χ0) is 24.1. The fourth-order valence-corrected chi connectivity index (χ4v) is 7.60. The second-order valence-electron chi connectivity index (χ2n) is 10.3. The molecule has 2 fully saturated rings. The van der Waals surface area contributed by atoms with Gasteiger partial charge in [-0.05, 0) is 79.6 Å². The number of sulfonamides is 1. The molecule has 1 heterocycles. The lowest BCUT2D eigenvalue weighted by atomic mass is 9.44. The van der Waals surface area contributed by atoms with Crippen LogP contribution in [-0.4, -0.2) is 36.8 Å². The van der Waals surface area contributed by atoms with Gasteiger partial charge in [-0.2, -0.15) is 0 Å². The highest BCUT2D eigenvalue weighted by molar-refractivity contribution is 7.92. The second kappa shape index (κ2) is 8.22. The van der Waals surface area contributed by atoms with Crippen molar-refractivity contribution in [1.82, 2.24) is 4.90 Å². The van der Waals surface area contributed by atoms with Gasteiger partial charge in [-0.15, -0.1) is 0 Å². The fraction of sp³-hybridized carbons (Fsp3) is 0.481. The zero-order valence-electron chi connectivity index (χ0n) is 20.1. The summed E-state index contributed by atoms with van der Waals surface area (Å²) in [4.78, 5) is 2.43. The van der Waals surface area contributed by atoms with Crippen molar-refractivity contribution >= 4 is 27.1 Å². The van der Waals surface area contributed by atoms with Crippen molar-refractivity contribution < 1.29 is 13.5 Å². The number of aromatic hydroxyl groups is 1. The second-order valence-corrected chi connectivity index (χ2v) is 12.3. The van der Waals surface area contributed by atoms with Crippen LogP contribution in [0.15, 0.2) is 49.2 Å². The van der Waals surface area contributed by atoms with Crippen LogP contribution in [0.5, 0.6) is 5.75 Å². The van der Waals surface area contributed by atoms with E-state index in [-0.39, 0.29) is 22.3 Å². The fourth-order valence-electron chi connectivity index (χ4n) is 6.94. The third-order valence-electron chi connectivity index (χ3n) is 8.80. The van der Waals surface area contributed by atoms with E-state index in [0.717, 1.165) is 25.8 Å². The number of nitrogens with zero attached hydrogens (tertiary/aromatic N) is 1. The molecule has 2 aromatic carbocycles. The summed E-state index contributed by atoms with van der Waals surface area (Å²) in [6.45, 7) is 9.17. The summed E-state index contributed by atoms with van der Waals surface area (Å²) in [5.41, 5.74) is 4.49. The molecule has 1 saturated carbocycles. The van der Waals surface area contributed by atoms with Gasteiger partial charge in [-0.1, -0.05) is 38.5 Å². The zero-order valence-corrected chi connectivity index (χ0v) is 20.9. The SMILES string of the molecule is C=CN1CCC23CCCCC2(C)C1Cc1cc(Nc2ccccc2NS(=O)(=O)CC)c(O)cc13. The third kappa shape index (κ3) is 3.47. The van der Waals surface area contributed by atoms with Crippen molar-refractivity contribution in [2.75, 3.05) is 22.3 Å². The summed E-state index contributed by atoms with van der Waals surface area (Å²) in [5.74, 6) is 0.201. The highest BCUT2D eigenvalue weighted by atomic mass is 32.2. The summed E-state index contributed by atoms with van der Waals surface area (Å²) in [7, 11) is -3.42. The van der Waals surface area contributed by atoms with Gasteiger partial charge in [0, 0.05) is 18.0 Å². The Hall–Kier alpha value is -2.67. The van der Waals surface area contributed by atoms with Crippen molar-refractivity contribution in [3.8, 4) is 5.75 Å². The molecule has 7 heteroatoms. The van der Waals surface area contributed by atoms with Gasteiger partial charge in [-0.3, -0.25) is 4.72 Å². The van der Waals surface area contributed by atoms with Crippen molar-refractivity contribution in [3.05, 3.63) is 60.3 Å². The Morgan fingerprint density at radius 3 is 2.62 bits per heavy atom. The molecule has 0 spiro atoms. The Bertz CT molecular complexity index is 1230. The van der Waals surface area contributed by atoms with E-state index in [1.165, 1.54) is 30.4 Å². The summed E-state index contributed by atoms with van der Waals surface area (Å²) < 4.78 is 27.0. The third-order valence-corrected chi connectivity index (χ3v) is 10.1. The van der Waals surface area contributed by atoms with Gasteiger partial charge in [0.05, 0.1) is 22.8 Å². The normalized spacial score (nSPS) is 27.9. The number of likely N-dealkylation sites (tertiary alicyclic amines) is 1. The molecular formula is C27H35N3O3S. The molecule has 1 saturated heterocycles. The molecule has 5 rings (SSSR count). The number of hydrogen-bond donors (Lipinski definition) is 3. The lowest BCUT2D eigenvalue weighted by molar-refractivity contribution is -0.0652. The first kappa shape index (κ1) is 23.1. The van der Waals surface area contributed by atoms with E-state index in [2.05, 4.69) is 34.5 Å². The molecule has 182 valence electrons. The van der Waals surface area contributed by atoms with Gasteiger partial charge in [-0.25, -0.2) is 8.42 Å². The van der Waals surface area contributed by atoms with Gasteiger partial charge < -0.3 is 15.3 Å². The first-order valence-electron chi connectivity index (χ1n) is 12.3. The van der Waals surface area contributed by atoms with Crippen LogP contribution in [-0.2, 0) is 21.9 Å². The molecule has 0 aromatic heterocycles. The smallest absolute Gasteiger partial charge is 0.232 e. The minimum atomic E-state index is -3.42. The van der Waals surface area contributed by atoms with Gasteiger partial charge in [0.15, 0.2) is 0 Å². The molecule has 1 aliphatic heterocycles. The minimum absolute atomic E-state index is 0.00648. The summed E-state index contributed by atoms with van der Waals surface area (Å²) >= 11 is 0. The lowest BCUT2D eigenvalue weighted by Gasteiger charge is -2.65. The molecule has 3 N–H and O–H groups in total. The molecule has 2 bridgehead atoms.